The molecule has 0 spiro atoms. The van der Waals surface area contributed by atoms with Crippen molar-refractivity contribution in [3.05, 3.63) is 45.4 Å². The van der Waals surface area contributed by atoms with Gasteiger partial charge in [0.25, 0.3) is 0 Å². The average Bonchev–Trinajstić information content (AvgIpc) is 2.86. The molecule has 1 heterocycles. The number of thiazole rings is 1. The van der Waals surface area contributed by atoms with Crippen LogP contribution in [0.2, 0.25) is 10.0 Å². The molecule has 1 aromatic carbocycles. The van der Waals surface area contributed by atoms with Crippen LogP contribution >= 0.6 is 34.5 Å². The minimum atomic E-state index is -0.221. The van der Waals surface area contributed by atoms with Gasteiger partial charge in [-0.1, -0.05) is 29.3 Å². The molecule has 0 aliphatic rings. The van der Waals surface area contributed by atoms with E-state index in [4.69, 9.17) is 23.2 Å². The predicted octanol–water partition coefficient (Wildman–Crippen LogP) is 4.11. The van der Waals surface area contributed by atoms with E-state index >= 15 is 0 Å². The molecular weight excluding hydrogens is 305 g/mol. The zero-order valence-corrected chi connectivity index (χ0v) is 12.4. The molecule has 1 N–H and O–H groups in total. The number of carbonyl (C=O) groups is 1. The fourth-order valence-electron chi connectivity index (χ4n) is 1.46. The summed E-state index contributed by atoms with van der Waals surface area (Å²) in [5.74, 6) is 0. The van der Waals surface area contributed by atoms with E-state index in [0.717, 1.165) is 5.56 Å². The number of amides is 2. The molecule has 1 aromatic heterocycles. The van der Waals surface area contributed by atoms with Crippen LogP contribution in [0.3, 0.4) is 0 Å². The summed E-state index contributed by atoms with van der Waals surface area (Å²) in [6.07, 6.45) is 1.64. The number of benzene rings is 1. The summed E-state index contributed by atoms with van der Waals surface area (Å²) in [6.45, 7) is 0.439. The van der Waals surface area contributed by atoms with Crippen LogP contribution in [0.25, 0.3) is 0 Å². The van der Waals surface area contributed by atoms with Crippen LogP contribution in [0.5, 0.6) is 0 Å². The first-order valence-electron chi connectivity index (χ1n) is 5.42. The van der Waals surface area contributed by atoms with E-state index in [1.54, 1.807) is 35.7 Å². The number of urea groups is 1. The third kappa shape index (κ3) is 3.83. The van der Waals surface area contributed by atoms with Gasteiger partial charge in [0.05, 0.1) is 10.0 Å². The van der Waals surface area contributed by atoms with Gasteiger partial charge in [-0.05, 0) is 17.7 Å². The van der Waals surface area contributed by atoms with Gasteiger partial charge < -0.3 is 4.90 Å². The van der Waals surface area contributed by atoms with E-state index in [9.17, 15) is 4.79 Å². The Morgan fingerprint density at radius 1 is 1.42 bits per heavy atom. The predicted molar refractivity (Wildman–Crippen MR) is 79.1 cm³/mol. The summed E-state index contributed by atoms with van der Waals surface area (Å²) < 4.78 is 0. The van der Waals surface area contributed by atoms with E-state index in [-0.39, 0.29) is 6.03 Å². The number of nitrogens with zero attached hydrogens (tertiary/aromatic N) is 2. The third-order valence-corrected chi connectivity index (χ3v) is 3.82. The maximum Gasteiger partial charge on any atom is 0.323 e. The smallest absolute Gasteiger partial charge is 0.323 e. The topological polar surface area (TPSA) is 45.2 Å². The van der Waals surface area contributed by atoms with Gasteiger partial charge in [0.15, 0.2) is 5.13 Å². The SMILES string of the molecule is CN(Cc1ccc(Cl)c(Cl)c1)C(=O)Nc1nccs1. The highest BCUT2D eigenvalue weighted by Gasteiger charge is 2.11. The van der Waals surface area contributed by atoms with Crippen molar-refractivity contribution < 1.29 is 4.79 Å². The molecule has 0 bridgehead atoms. The number of anilines is 1. The van der Waals surface area contributed by atoms with E-state index in [1.165, 1.54) is 11.3 Å². The Bertz CT molecular complexity index is 574. The van der Waals surface area contributed by atoms with Crippen molar-refractivity contribution in [3.8, 4) is 0 Å². The van der Waals surface area contributed by atoms with Crippen molar-refractivity contribution in [2.45, 2.75) is 6.54 Å². The van der Waals surface area contributed by atoms with Crippen LogP contribution in [-0.2, 0) is 6.54 Å². The van der Waals surface area contributed by atoms with E-state index in [1.807, 2.05) is 6.07 Å². The normalized spacial score (nSPS) is 10.3. The lowest BCUT2D eigenvalue weighted by Gasteiger charge is -2.17. The highest BCUT2D eigenvalue weighted by Crippen LogP contribution is 2.23. The number of nitrogens with one attached hydrogen (secondary N) is 1. The fraction of sp³-hybridized carbons (Fsp3) is 0.167. The van der Waals surface area contributed by atoms with Crippen LogP contribution in [0, 0.1) is 0 Å². The van der Waals surface area contributed by atoms with Gasteiger partial charge >= 0.3 is 6.03 Å². The lowest BCUT2D eigenvalue weighted by atomic mass is 10.2. The van der Waals surface area contributed by atoms with Gasteiger partial charge in [0.2, 0.25) is 0 Å². The molecule has 0 fully saturated rings. The Morgan fingerprint density at radius 2 is 2.21 bits per heavy atom. The second-order valence-corrected chi connectivity index (χ2v) is 5.58. The Hall–Kier alpha value is -1.30. The summed E-state index contributed by atoms with van der Waals surface area (Å²) in [6, 6.07) is 5.07. The van der Waals surface area contributed by atoms with Gasteiger partial charge in [0.1, 0.15) is 0 Å². The van der Waals surface area contributed by atoms with Crippen molar-refractivity contribution >= 4 is 45.7 Å². The molecule has 0 aliphatic heterocycles. The van der Waals surface area contributed by atoms with E-state index in [0.29, 0.717) is 21.7 Å². The molecule has 0 aliphatic carbocycles. The summed E-state index contributed by atoms with van der Waals surface area (Å²) in [4.78, 5) is 17.4. The molecular formula is C12H11Cl2N3OS. The van der Waals surface area contributed by atoms with E-state index in [2.05, 4.69) is 10.3 Å². The molecule has 0 atom stereocenters. The molecule has 2 amide bonds. The van der Waals surface area contributed by atoms with Crippen LogP contribution < -0.4 is 5.32 Å². The molecule has 19 heavy (non-hydrogen) atoms. The molecule has 7 heteroatoms. The summed E-state index contributed by atoms with van der Waals surface area (Å²) in [7, 11) is 1.70. The fourth-order valence-corrected chi connectivity index (χ4v) is 2.29. The Morgan fingerprint density at radius 3 is 2.84 bits per heavy atom. The monoisotopic (exact) mass is 315 g/mol. The number of halogens is 2. The molecule has 0 saturated heterocycles. The van der Waals surface area contributed by atoms with Crippen LogP contribution in [0.1, 0.15) is 5.56 Å². The molecule has 0 saturated carbocycles. The highest BCUT2D eigenvalue weighted by atomic mass is 35.5. The number of aromatic nitrogens is 1. The zero-order valence-electron chi connectivity index (χ0n) is 10.1. The van der Waals surface area contributed by atoms with Crippen LogP contribution in [0.15, 0.2) is 29.8 Å². The molecule has 100 valence electrons. The molecule has 0 radical (unpaired) electrons. The van der Waals surface area contributed by atoms with Gasteiger partial charge in [0, 0.05) is 25.2 Å². The Kier molecular flexibility index (Phi) is 4.63. The third-order valence-electron chi connectivity index (χ3n) is 2.40. The van der Waals surface area contributed by atoms with Gasteiger partial charge in [-0.3, -0.25) is 5.32 Å². The average molecular weight is 316 g/mol. The van der Waals surface area contributed by atoms with E-state index < -0.39 is 0 Å². The number of carbonyl (C=O) groups excluding carboxylic acids is 1. The van der Waals surface area contributed by atoms with Gasteiger partial charge in [-0.25, -0.2) is 9.78 Å². The second kappa shape index (κ2) is 6.23. The van der Waals surface area contributed by atoms with Crippen molar-refractivity contribution in [2.24, 2.45) is 0 Å². The maximum absolute atomic E-state index is 11.9. The minimum Gasteiger partial charge on any atom is -0.323 e. The minimum absolute atomic E-state index is 0.221. The van der Waals surface area contributed by atoms with Gasteiger partial charge in [-0.15, -0.1) is 11.3 Å². The summed E-state index contributed by atoms with van der Waals surface area (Å²) in [5.41, 5.74) is 0.909. The first-order chi connectivity index (χ1) is 9.06. The maximum atomic E-state index is 11.9. The largest absolute Gasteiger partial charge is 0.323 e. The van der Waals surface area contributed by atoms with Gasteiger partial charge in [-0.2, -0.15) is 0 Å². The summed E-state index contributed by atoms with van der Waals surface area (Å²) >= 11 is 13.1. The second-order valence-electron chi connectivity index (χ2n) is 3.87. The molecule has 2 rings (SSSR count). The van der Waals surface area contributed by atoms with Crippen LogP contribution in [-0.4, -0.2) is 23.0 Å². The number of hydrogen-bond acceptors (Lipinski definition) is 3. The molecule has 4 nitrogen and oxygen atoms in total. The zero-order chi connectivity index (χ0) is 13.8. The Labute approximate surface area is 125 Å². The molecule has 2 aromatic rings. The number of hydrogen-bond donors (Lipinski definition) is 1. The van der Waals surface area contributed by atoms with Crippen molar-refractivity contribution in [1.82, 2.24) is 9.88 Å². The molecule has 0 unspecified atom stereocenters. The quantitative estimate of drug-likeness (QED) is 0.926. The lowest BCUT2D eigenvalue weighted by Crippen LogP contribution is -2.30. The number of rotatable bonds is 3. The van der Waals surface area contributed by atoms with Crippen molar-refractivity contribution in [2.75, 3.05) is 12.4 Å². The van der Waals surface area contributed by atoms with Crippen LogP contribution in [0.4, 0.5) is 9.93 Å². The Balaban J connectivity index is 1.98. The lowest BCUT2D eigenvalue weighted by molar-refractivity contribution is 0.220. The first-order valence-corrected chi connectivity index (χ1v) is 7.05. The summed E-state index contributed by atoms with van der Waals surface area (Å²) in [5, 5.41) is 6.06. The highest BCUT2D eigenvalue weighted by molar-refractivity contribution is 7.13. The standard InChI is InChI=1S/C12H11Cl2N3OS/c1-17(12(18)16-11-15-4-5-19-11)7-8-2-3-9(13)10(14)6-8/h2-6H,7H2,1H3,(H,15,16,18). The van der Waals surface area contributed by atoms with Crippen molar-refractivity contribution in [1.29, 1.82) is 0 Å². The first kappa shape index (κ1) is 14.1. The van der Waals surface area contributed by atoms with Crippen molar-refractivity contribution in [3.63, 3.8) is 0 Å².